The van der Waals surface area contributed by atoms with Crippen LogP contribution in [-0.4, -0.2) is 18.2 Å². The number of rotatable bonds is 6. The molecule has 0 amide bonds. The lowest BCUT2D eigenvalue weighted by molar-refractivity contribution is 0.240. The van der Waals surface area contributed by atoms with Gasteiger partial charge in [-0.05, 0) is 36.6 Å². The van der Waals surface area contributed by atoms with Crippen molar-refractivity contribution >= 4 is 12.0 Å². The molecule has 1 fully saturated rings. The molecule has 0 aliphatic heterocycles. The van der Waals surface area contributed by atoms with Gasteiger partial charge in [-0.25, -0.2) is 4.99 Å². The van der Waals surface area contributed by atoms with Crippen LogP contribution in [0, 0.1) is 5.92 Å². The van der Waals surface area contributed by atoms with Gasteiger partial charge in [0.05, 0.1) is 12.3 Å². The molecule has 2 rings (SSSR count). The van der Waals surface area contributed by atoms with E-state index in [1.807, 2.05) is 29.7 Å². The maximum Gasteiger partial charge on any atom is 0.119 e. The van der Waals surface area contributed by atoms with Gasteiger partial charge in [0.25, 0.3) is 0 Å². The SMILES string of the molecule is ONC=Nc1ccc(OCCC2CCCCC2)cc1. The summed E-state index contributed by atoms with van der Waals surface area (Å²) in [5, 5.41) is 8.40. The first kappa shape index (κ1) is 13.9. The molecule has 1 aliphatic carbocycles. The summed E-state index contributed by atoms with van der Waals surface area (Å²) in [5.74, 6) is 1.74. The van der Waals surface area contributed by atoms with E-state index in [1.165, 1.54) is 38.4 Å². The van der Waals surface area contributed by atoms with E-state index in [0.29, 0.717) is 0 Å². The highest BCUT2D eigenvalue weighted by atomic mass is 16.5. The predicted octanol–water partition coefficient (Wildman–Crippen LogP) is 3.67. The molecule has 2 N–H and O–H groups in total. The Hall–Kier alpha value is -1.55. The van der Waals surface area contributed by atoms with Gasteiger partial charge < -0.3 is 4.74 Å². The summed E-state index contributed by atoms with van der Waals surface area (Å²) in [6.07, 6.45) is 9.30. The molecular formula is C15H22N2O2. The minimum Gasteiger partial charge on any atom is -0.494 e. The van der Waals surface area contributed by atoms with Gasteiger partial charge in [-0.1, -0.05) is 32.1 Å². The molecule has 4 heteroatoms. The largest absolute Gasteiger partial charge is 0.494 e. The normalized spacial score (nSPS) is 16.7. The second-order valence-electron chi connectivity index (χ2n) is 5.02. The van der Waals surface area contributed by atoms with Crippen LogP contribution < -0.4 is 10.2 Å². The van der Waals surface area contributed by atoms with Crippen LogP contribution >= 0.6 is 0 Å². The van der Waals surface area contributed by atoms with Crippen LogP contribution in [0.2, 0.25) is 0 Å². The number of nitrogens with zero attached hydrogens (tertiary/aromatic N) is 1. The predicted molar refractivity (Wildman–Crippen MR) is 76.2 cm³/mol. The van der Waals surface area contributed by atoms with Crippen molar-refractivity contribution in [3.05, 3.63) is 24.3 Å². The number of nitrogens with one attached hydrogen (secondary N) is 1. The minimum atomic E-state index is 0.779. The fourth-order valence-electron chi connectivity index (χ4n) is 2.55. The molecule has 4 nitrogen and oxygen atoms in total. The Bertz CT molecular complexity index is 384. The Kier molecular flexibility index (Phi) is 5.69. The highest BCUT2D eigenvalue weighted by molar-refractivity contribution is 5.59. The second-order valence-corrected chi connectivity index (χ2v) is 5.02. The molecule has 0 heterocycles. The van der Waals surface area contributed by atoms with Crippen molar-refractivity contribution in [3.63, 3.8) is 0 Å². The van der Waals surface area contributed by atoms with Gasteiger partial charge in [0.15, 0.2) is 0 Å². The average molecular weight is 262 g/mol. The second kappa shape index (κ2) is 7.79. The molecule has 1 aromatic rings. The third kappa shape index (κ3) is 4.91. The van der Waals surface area contributed by atoms with Crippen LogP contribution in [0.3, 0.4) is 0 Å². The van der Waals surface area contributed by atoms with Crippen molar-refractivity contribution in [1.29, 1.82) is 0 Å². The Morgan fingerprint density at radius 1 is 1.21 bits per heavy atom. The lowest BCUT2D eigenvalue weighted by Gasteiger charge is -2.21. The summed E-state index contributed by atoms with van der Waals surface area (Å²) in [5.41, 5.74) is 2.66. The molecule has 19 heavy (non-hydrogen) atoms. The number of benzene rings is 1. The van der Waals surface area contributed by atoms with Gasteiger partial charge in [0.2, 0.25) is 0 Å². The average Bonchev–Trinajstić information content (AvgIpc) is 2.47. The highest BCUT2D eigenvalue weighted by Gasteiger charge is 2.12. The Balaban J connectivity index is 1.71. The Morgan fingerprint density at radius 3 is 2.63 bits per heavy atom. The van der Waals surface area contributed by atoms with Gasteiger partial charge in [0.1, 0.15) is 12.1 Å². The minimum absolute atomic E-state index is 0.779. The first-order valence-electron chi connectivity index (χ1n) is 7.03. The number of ether oxygens (including phenoxy) is 1. The topological polar surface area (TPSA) is 53.8 Å². The fraction of sp³-hybridized carbons (Fsp3) is 0.533. The van der Waals surface area contributed by atoms with Gasteiger partial charge in [-0.3, -0.25) is 10.7 Å². The number of aliphatic imine (C=N–C) groups is 1. The zero-order chi connectivity index (χ0) is 13.3. The number of hydroxylamine groups is 1. The number of hydrogen-bond donors (Lipinski definition) is 2. The highest BCUT2D eigenvalue weighted by Crippen LogP contribution is 2.26. The lowest BCUT2D eigenvalue weighted by Crippen LogP contribution is -2.10. The molecule has 1 aromatic carbocycles. The summed E-state index contributed by atoms with van der Waals surface area (Å²) in [6, 6.07) is 7.55. The molecule has 104 valence electrons. The van der Waals surface area contributed by atoms with E-state index < -0.39 is 0 Å². The maximum absolute atomic E-state index is 8.40. The molecule has 0 spiro atoms. The summed E-state index contributed by atoms with van der Waals surface area (Å²) in [4.78, 5) is 3.98. The summed E-state index contributed by atoms with van der Waals surface area (Å²) < 4.78 is 5.75. The Labute approximate surface area is 114 Å². The monoisotopic (exact) mass is 262 g/mol. The van der Waals surface area contributed by atoms with Gasteiger partial charge >= 0.3 is 0 Å². The zero-order valence-corrected chi connectivity index (χ0v) is 11.2. The quantitative estimate of drug-likeness (QED) is 0.467. The van der Waals surface area contributed by atoms with Crippen LogP contribution in [0.4, 0.5) is 5.69 Å². The molecule has 0 bridgehead atoms. The molecule has 0 atom stereocenters. The van der Waals surface area contributed by atoms with Crippen molar-refractivity contribution in [3.8, 4) is 5.75 Å². The van der Waals surface area contributed by atoms with Crippen molar-refractivity contribution in [2.75, 3.05) is 6.61 Å². The molecule has 0 unspecified atom stereocenters. The van der Waals surface area contributed by atoms with E-state index >= 15 is 0 Å². The summed E-state index contributed by atoms with van der Waals surface area (Å²) in [7, 11) is 0. The van der Waals surface area contributed by atoms with E-state index in [4.69, 9.17) is 9.94 Å². The van der Waals surface area contributed by atoms with Crippen molar-refractivity contribution in [2.45, 2.75) is 38.5 Å². The molecule has 0 aromatic heterocycles. The van der Waals surface area contributed by atoms with E-state index in [0.717, 1.165) is 30.4 Å². The van der Waals surface area contributed by atoms with Gasteiger partial charge in [0, 0.05) is 0 Å². The first-order valence-corrected chi connectivity index (χ1v) is 7.03. The van der Waals surface area contributed by atoms with Crippen LogP contribution in [0.15, 0.2) is 29.3 Å². The third-order valence-electron chi connectivity index (χ3n) is 3.63. The standard InChI is InChI=1S/C15H22N2O2/c18-17-12-16-14-6-8-15(9-7-14)19-11-10-13-4-2-1-3-5-13/h6-9,12-13,18H,1-5,10-11H2,(H,16,17). The smallest absolute Gasteiger partial charge is 0.119 e. The lowest BCUT2D eigenvalue weighted by atomic mass is 9.87. The van der Waals surface area contributed by atoms with E-state index in [9.17, 15) is 0 Å². The van der Waals surface area contributed by atoms with E-state index in [1.54, 1.807) is 0 Å². The molecule has 1 aliphatic rings. The van der Waals surface area contributed by atoms with E-state index in [-0.39, 0.29) is 0 Å². The van der Waals surface area contributed by atoms with Crippen LogP contribution in [0.5, 0.6) is 5.75 Å². The van der Waals surface area contributed by atoms with Crippen molar-refractivity contribution < 1.29 is 9.94 Å². The fourth-order valence-corrected chi connectivity index (χ4v) is 2.55. The zero-order valence-electron chi connectivity index (χ0n) is 11.2. The Morgan fingerprint density at radius 2 is 1.95 bits per heavy atom. The van der Waals surface area contributed by atoms with E-state index in [2.05, 4.69) is 4.99 Å². The van der Waals surface area contributed by atoms with Gasteiger partial charge in [-0.2, -0.15) is 0 Å². The van der Waals surface area contributed by atoms with Crippen LogP contribution in [-0.2, 0) is 0 Å². The third-order valence-corrected chi connectivity index (χ3v) is 3.63. The summed E-state index contributed by atoms with van der Waals surface area (Å²) >= 11 is 0. The molecule has 0 radical (unpaired) electrons. The first-order chi connectivity index (χ1) is 9.38. The van der Waals surface area contributed by atoms with Gasteiger partial charge in [-0.15, -0.1) is 0 Å². The maximum atomic E-state index is 8.40. The van der Waals surface area contributed by atoms with Crippen molar-refractivity contribution in [2.24, 2.45) is 10.9 Å². The number of hydrogen-bond acceptors (Lipinski definition) is 3. The van der Waals surface area contributed by atoms with Crippen LogP contribution in [0.1, 0.15) is 38.5 Å². The molecule has 1 saturated carbocycles. The molecular weight excluding hydrogens is 240 g/mol. The summed E-state index contributed by atoms with van der Waals surface area (Å²) in [6.45, 7) is 0.797. The molecule has 0 saturated heterocycles. The van der Waals surface area contributed by atoms with Crippen LogP contribution in [0.25, 0.3) is 0 Å². The van der Waals surface area contributed by atoms with Crippen molar-refractivity contribution in [1.82, 2.24) is 5.48 Å².